The molecule has 7 heteroatoms. The minimum Gasteiger partial charge on any atom is -0.455 e. The van der Waals surface area contributed by atoms with Gasteiger partial charge >= 0.3 is 0 Å². The third kappa shape index (κ3) is 4.84. The van der Waals surface area contributed by atoms with Crippen molar-refractivity contribution in [2.75, 3.05) is 0 Å². The van der Waals surface area contributed by atoms with Crippen LogP contribution >= 0.6 is 11.8 Å². The van der Waals surface area contributed by atoms with Crippen LogP contribution in [0.25, 0.3) is 0 Å². The quantitative estimate of drug-likeness (QED) is 0.593. The summed E-state index contributed by atoms with van der Waals surface area (Å²) in [7, 11) is 1.93. The molecule has 1 aromatic carbocycles. The molecular weight excluding hydrogens is 377 g/mol. The Bertz CT molecular complexity index is 941. The Hall–Kier alpha value is -2.54. The van der Waals surface area contributed by atoms with Gasteiger partial charge in [-0.05, 0) is 35.2 Å². The monoisotopic (exact) mass is 401 g/mol. The lowest BCUT2D eigenvalue weighted by atomic mass is 9.82. The van der Waals surface area contributed by atoms with Gasteiger partial charge in [0.15, 0.2) is 10.9 Å². The summed E-state index contributed by atoms with van der Waals surface area (Å²) in [5.74, 6) is 0.943. The van der Waals surface area contributed by atoms with Gasteiger partial charge in [-0.1, -0.05) is 44.7 Å². The smallest absolute Gasteiger partial charge is 0.287 e. The van der Waals surface area contributed by atoms with Crippen LogP contribution in [0.4, 0.5) is 4.39 Å². The predicted molar refractivity (Wildman–Crippen MR) is 108 cm³/mol. The maximum Gasteiger partial charge on any atom is 0.287 e. The van der Waals surface area contributed by atoms with Crippen LogP contribution in [0, 0.1) is 11.2 Å². The highest BCUT2D eigenvalue weighted by Gasteiger charge is 2.29. The lowest BCUT2D eigenvalue weighted by molar-refractivity contribution is 0.0872. The first-order valence-corrected chi connectivity index (χ1v) is 9.98. The molecule has 148 valence electrons. The van der Waals surface area contributed by atoms with Gasteiger partial charge in [-0.3, -0.25) is 4.79 Å². The number of nitrogens with zero attached hydrogens (tertiary/aromatic N) is 2. The molecule has 5 nitrogen and oxygen atoms in total. The van der Waals surface area contributed by atoms with E-state index < -0.39 is 0 Å². The minimum atomic E-state index is -0.302. The Balaban J connectivity index is 1.69. The zero-order chi connectivity index (χ0) is 20.3. The lowest BCUT2D eigenvalue weighted by Gasteiger charge is -2.31. The van der Waals surface area contributed by atoms with E-state index in [0.717, 1.165) is 10.7 Å². The van der Waals surface area contributed by atoms with Crippen molar-refractivity contribution < 1.29 is 13.6 Å². The Morgan fingerprint density at radius 3 is 2.57 bits per heavy atom. The summed E-state index contributed by atoms with van der Waals surface area (Å²) in [5.41, 5.74) is 0.594. The normalized spacial score (nSPS) is 12.8. The van der Waals surface area contributed by atoms with E-state index in [1.165, 1.54) is 23.9 Å². The second-order valence-electron chi connectivity index (χ2n) is 7.70. The zero-order valence-electron chi connectivity index (χ0n) is 16.4. The maximum atomic E-state index is 13.3. The van der Waals surface area contributed by atoms with Gasteiger partial charge in [0.1, 0.15) is 11.6 Å². The molecule has 0 aliphatic rings. The first-order valence-electron chi connectivity index (χ1n) is 8.99. The standard InChI is InChI=1S/C21H24FN3O2S/c1-21(2,3)18(14-5-7-15(22)8-6-14)24-19(26)17-10-9-16(27-17)13-28-20-23-11-12-25(20)4/h5-12,18H,13H2,1-4H3,(H,24,26). The van der Waals surface area contributed by atoms with Crippen molar-refractivity contribution in [2.45, 2.75) is 37.7 Å². The molecule has 1 atom stereocenters. The predicted octanol–water partition coefficient (Wildman–Crippen LogP) is 4.96. The van der Waals surface area contributed by atoms with Crippen molar-refractivity contribution in [2.24, 2.45) is 12.5 Å². The van der Waals surface area contributed by atoms with E-state index in [4.69, 9.17) is 4.42 Å². The highest BCUT2D eigenvalue weighted by atomic mass is 32.2. The molecular formula is C21H24FN3O2S. The molecule has 0 bridgehead atoms. The van der Waals surface area contributed by atoms with Crippen LogP contribution in [0.3, 0.4) is 0 Å². The van der Waals surface area contributed by atoms with Crippen molar-refractivity contribution in [3.63, 3.8) is 0 Å². The number of furan rings is 1. The second kappa shape index (κ2) is 8.22. The summed E-state index contributed by atoms with van der Waals surface area (Å²) in [6, 6.07) is 9.39. The van der Waals surface area contributed by atoms with Gasteiger partial charge in [0.05, 0.1) is 11.8 Å². The van der Waals surface area contributed by atoms with Crippen LogP contribution in [0.5, 0.6) is 0 Å². The second-order valence-corrected chi connectivity index (χ2v) is 8.64. The molecule has 2 heterocycles. The maximum absolute atomic E-state index is 13.3. The van der Waals surface area contributed by atoms with Crippen LogP contribution in [0.2, 0.25) is 0 Å². The van der Waals surface area contributed by atoms with Crippen molar-refractivity contribution in [3.05, 3.63) is 71.7 Å². The van der Waals surface area contributed by atoms with Crippen LogP contribution < -0.4 is 5.32 Å². The number of carbonyl (C=O) groups excluding carboxylic acids is 1. The summed E-state index contributed by atoms with van der Waals surface area (Å²) in [6.07, 6.45) is 3.62. The van der Waals surface area contributed by atoms with Crippen LogP contribution in [-0.4, -0.2) is 15.5 Å². The average molecular weight is 402 g/mol. The number of imidazole rings is 1. The van der Waals surface area contributed by atoms with E-state index in [2.05, 4.69) is 10.3 Å². The number of rotatable bonds is 6. The number of amides is 1. The van der Waals surface area contributed by atoms with Gasteiger partial charge < -0.3 is 14.3 Å². The van der Waals surface area contributed by atoms with Crippen molar-refractivity contribution >= 4 is 17.7 Å². The molecule has 0 saturated heterocycles. The molecule has 1 N–H and O–H groups in total. The van der Waals surface area contributed by atoms with Gasteiger partial charge in [0.2, 0.25) is 0 Å². The molecule has 2 aromatic heterocycles. The van der Waals surface area contributed by atoms with E-state index in [1.807, 2.05) is 38.6 Å². The molecule has 0 aliphatic heterocycles. The largest absolute Gasteiger partial charge is 0.455 e. The minimum absolute atomic E-state index is 0.253. The number of halogens is 1. The molecule has 0 radical (unpaired) electrons. The summed E-state index contributed by atoms with van der Waals surface area (Å²) in [5, 5.41) is 3.90. The molecule has 3 aromatic rings. The van der Waals surface area contributed by atoms with Crippen molar-refractivity contribution in [3.8, 4) is 0 Å². The third-order valence-electron chi connectivity index (χ3n) is 4.35. The summed E-state index contributed by atoms with van der Waals surface area (Å²) in [6.45, 7) is 6.08. The fourth-order valence-corrected chi connectivity index (χ4v) is 3.69. The van der Waals surface area contributed by atoms with Crippen molar-refractivity contribution in [1.82, 2.24) is 14.9 Å². The molecule has 0 saturated carbocycles. The van der Waals surface area contributed by atoms with E-state index in [9.17, 15) is 9.18 Å². The van der Waals surface area contributed by atoms with Crippen LogP contribution in [-0.2, 0) is 12.8 Å². The first kappa shape index (κ1) is 20.2. The van der Waals surface area contributed by atoms with E-state index >= 15 is 0 Å². The number of thioether (sulfide) groups is 1. The van der Waals surface area contributed by atoms with E-state index in [0.29, 0.717) is 11.5 Å². The molecule has 0 aliphatic carbocycles. The highest BCUT2D eigenvalue weighted by Crippen LogP contribution is 2.33. The third-order valence-corrected chi connectivity index (χ3v) is 5.43. The van der Waals surface area contributed by atoms with Gasteiger partial charge in [-0.25, -0.2) is 9.37 Å². The number of benzene rings is 1. The number of nitrogens with one attached hydrogen (secondary N) is 1. The van der Waals surface area contributed by atoms with Gasteiger partial charge in [0, 0.05) is 19.4 Å². The first-order chi connectivity index (χ1) is 13.2. The van der Waals surface area contributed by atoms with E-state index in [-0.39, 0.29) is 28.9 Å². The topological polar surface area (TPSA) is 60.1 Å². The van der Waals surface area contributed by atoms with Crippen LogP contribution in [0.1, 0.15) is 48.7 Å². The molecule has 1 unspecified atom stereocenters. The number of carbonyl (C=O) groups is 1. The summed E-state index contributed by atoms with van der Waals surface area (Å²) >= 11 is 1.54. The Morgan fingerprint density at radius 1 is 1.25 bits per heavy atom. The number of hydrogen-bond donors (Lipinski definition) is 1. The fourth-order valence-electron chi connectivity index (χ4n) is 2.86. The number of aryl methyl sites for hydroxylation is 1. The van der Waals surface area contributed by atoms with Gasteiger partial charge in [-0.2, -0.15) is 0 Å². The molecule has 0 spiro atoms. The number of hydrogen-bond acceptors (Lipinski definition) is 4. The van der Waals surface area contributed by atoms with Crippen LogP contribution in [0.15, 0.2) is 58.4 Å². The zero-order valence-corrected chi connectivity index (χ0v) is 17.2. The SMILES string of the molecule is Cn1ccnc1SCc1ccc(C(=O)NC(c2ccc(F)cc2)C(C)(C)C)o1. The molecule has 1 amide bonds. The average Bonchev–Trinajstić information content (AvgIpc) is 3.26. The summed E-state index contributed by atoms with van der Waals surface area (Å²) < 4.78 is 20.9. The Labute approximate surface area is 168 Å². The Morgan fingerprint density at radius 2 is 1.96 bits per heavy atom. The number of aromatic nitrogens is 2. The fraction of sp³-hybridized carbons (Fsp3) is 0.333. The van der Waals surface area contributed by atoms with Gasteiger partial charge in [-0.15, -0.1) is 0 Å². The lowest BCUT2D eigenvalue weighted by Crippen LogP contribution is -2.36. The highest BCUT2D eigenvalue weighted by molar-refractivity contribution is 7.98. The molecule has 3 rings (SSSR count). The van der Waals surface area contributed by atoms with Gasteiger partial charge in [0.25, 0.3) is 5.91 Å². The molecule has 28 heavy (non-hydrogen) atoms. The van der Waals surface area contributed by atoms with Crippen molar-refractivity contribution in [1.29, 1.82) is 0 Å². The Kier molecular flexibility index (Phi) is 5.93. The van der Waals surface area contributed by atoms with E-state index in [1.54, 1.807) is 30.5 Å². The molecule has 0 fully saturated rings. The summed E-state index contributed by atoms with van der Waals surface area (Å²) in [4.78, 5) is 17.0.